The number of hydrogen-bond acceptors (Lipinski definition) is 2. The minimum absolute atomic E-state index is 0.0327. The van der Waals surface area contributed by atoms with Gasteiger partial charge in [-0.25, -0.2) is 4.39 Å². The van der Waals surface area contributed by atoms with Crippen molar-refractivity contribution in [3.63, 3.8) is 0 Å². The van der Waals surface area contributed by atoms with Crippen molar-refractivity contribution in [1.82, 2.24) is 0 Å². The molecular formula is C15H21FO3. The van der Waals surface area contributed by atoms with E-state index in [1.165, 1.54) is 13.2 Å². The molecule has 1 aromatic rings. The molecule has 0 atom stereocenters. The van der Waals surface area contributed by atoms with Crippen LogP contribution in [0.4, 0.5) is 4.39 Å². The van der Waals surface area contributed by atoms with Gasteiger partial charge in [-0.3, -0.25) is 4.79 Å². The summed E-state index contributed by atoms with van der Waals surface area (Å²) in [7, 11) is 1.46. The summed E-state index contributed by atoms with van der Waals surface area (Å²) < 4.78 is 19.1. The van der Waals surface area contributed by atoms with Crippen LogP contribution in [0, 0.1) is 5.82 Å². The van der Waals surface area contributed by atoms with Gasteiger partial charge in [0.15, 0.2) is 0 Å². The number of carboxylic acid groups (broad SMARTS) is 1. The van der Waals surface area contributed by atoms with E-state index >= 15 is 0 Å². The number of methoxy groups -OCH3 is 1. The van der Waals surface area contributed by atoms with Crippen LogP contribution in [0.3, 0.4) is 0 Å². The van der Waals surface area contributed by atoms with E-state index in [2.05, 4.69) is 0 Å². The van der Waals surface area contributed by atoms with Crippen LogP contribution in [0.15, 0.2) is 12.1 Å². The molecule has 0 spiro atoms. The van der Waals surface area contributed by atoms with Gasteiger partial charge in [0.1, 0.15) is 11.6 Å². The van der Waals surface area contributed by atoms with Crippen molar-refractivity contribution in [2.24, 2.45) is 0 Å². The first-order valence-corrected chi connectivity index (χ1v) is 6.28. The van der Waals surface area contributed by atoms with Crippen molar-refractivity contribution in [2.45, 2.75) is 45.4 Å². The zero-order valence-corrected chi connectivity index (χ0v) is 12.1. The van der Waals surface area contributed by atoms with Crippen molar-refractivity contribution in [2.75, 3.05) is 7.11 Å². The fourth-order valence-corrected chi connectivity index (χ4v) is 2.19. The molecule has 0 heterocycles. The van der Waals surface area contributed by atoms with Crippen LogP contribution in [0.5, 0.6) is 5.75 Å². The third-order valence-corrected chi connectivity index (χ3v) is 3.26. The van der Waals surface area contributed by atoms with E-state index in [1.807, 2.05) is 27.7 Å². The molecular weight excluding hydrogens is 247 g/mol. The SMILES string of the molecule is COc1cc(F)c(C(C)C)cc1C(C)(C)CC(=O)O. The predicted molar refractivity (Wildman–Crippen MR) is 72.3 cm³/mol. The Bertz CT molecular complexity index is 479. The lowest BCUT2D eigenvalue weighted by molar-refractivity contribution is -0.138. The Hall–Kier alpha value is -1.58. The maximum atomic E-state index is 13.9. The van der Waals surface area contributed by atoms with E-state index in [0.29, 0.717) is 11.3 Å². The predicted octanol–water partition coefficient (Wildman–Crippen LogP) is 3.71. The topological polar surface area (TPSA) is 46.5 Å². The van der Waals surface area contributed by atoms with Gasteiger partial charge in [0.25, 0.3) is 0 Å². The maximum absolute atomic E-state index is 13.9. The van der Waals surface area contributed by atoms with E-state index in [-0.39, 0.29) is 18.2 Å². The third kappa shape index (κ3) is 3.46. The molecule has 3 nitrogen and oxygen atoms in total. The summed E-state index contributed by atoms with van der Waals surface area (Å²) in [5, 5.41) is 8.99. The summed E-state index contributed by atoms with van der Waals surface area (Å²) in [5.74, 6) is -0.775. The fraction of sp³-hybridized carbons (Fsp3) is 0.533. The molecule has 0 bridgehead atoms. The maximum Gasteiger partial charge on any atom is 0.304 e. The van der Waals surface area contributed by atoms with Gasteiger partial charge in [-0.05, 0) is 17.5 Å². The Kier molecular flexibility index (Phi) is 4.56. The van der Waals surface area contributed by atoms with E-state index in [1.54, 1.807) is 6.07 Å². The fourth-order valence-electron chi connectivity index (χ4n) is 2.19. The van der Waals surface area contributed by atoms with Crippen LogP contribution in [0.25, 0.3) is 0 Å². The summed E-state index contributed by atoms with van der Waals surface area (Å²) in [5.41, 5.74) is 0.686. The van der Waals surface area contributed by atoms with Crippen LogP contribution < -0.4 is 4.74 Å². The van der Waals surface area contributed by atoms with Crippen LogP contribution in [-0.4, -0.2) is 18.2 Å². The van der Waals surface area contributed by atoms with Gasteiger partial charge in [0, 0.05) is 17.0 Å². The summed E-state index contributed by atoms with van der Waals surface area (Å²) in [6.07, 6.45) is -0.0352. The summed E-state index contributed by atoms with van der Waals surface area (Å²) in [6, 6.07) is 3.07. The van der Waals surface area contributed by atoms with Gasteiger partial charge in [-0.15, -0.1) is 0 Å². The second-order valence-electron chi connectivity index (χ2n) is 5.68. The summed E-state index contributed by atoms with van der Waals surface area (Å²) in [4.78, 5) is 11.0. The Labute approximate surface area is 113 Å². The van der Waals surface area contributed by atoms with E-state index < -0.39 is 11.4 Å². The highest BCUT2D eigenvalue weighted by Crippen LogP contribution is 2.37. The van der Waals surface area contributed by atoms with Crippen molar-refractivity contribution in [1.29, 1.82) is 0 Å². The van der Waals surface area contributed by atoms with Crippen molar-refractivity contribution in [3.05, 3.63) is 29.1 Å². The van der Waals surface area contributed by atoms with Crippen molar-refractivity contribution < 1.29 is 19.0 Å². The molecule has 0 aromatic heterocycles. The molecule has 0 saturated heterocycles. The zero-order valence-electron chi connectivity index (χ0n) is 12.1. The monoisotopic (exact) mass is 268 g/mol. The minimum Gasteiger partial charge on any atom is -0.496 e. The third-order valence-electron chi connectivity index (χ3n) is 3.26. The number of ether oxygens (including phenoxy) is 1. The molecule has 1 rings (SSSR count). The molecule has 0 radical (unpaired) electrons. The molecule has 0 aliphatic carbocycles. The van der Waals surface area contributed by atoms with Crippen LogP contribution in [0.1, 0.15) is 51.2 Å². The number of benzene rings is 1. The Morgan fingerprint density at radius 3 is 2.42 bits per heavy atom. The molecule has 0 aliphatic heterocycles. The van der Waals surface area contributed by atoms with Crippen molar-refractivity contribution >= 4 is 5.97 Å². The van der Waals surface area contributed by atoms with Gasteiger partial charge in [-0.1, -0.05) is 27.7 Å². The highest BCUT2D eigenvalue weighted by Gasteiger charge is 2.29. The number of carboxylic acids is 1. The van der Waals surface area contributed by atoms with Crippen LogP contribution in [-0.2, 0) is 10.2 Å². The lowest BCUT2D eigenvalue weighted by Crippen LogP contribution is -2.23. The molecule has 0 unspecified atom stereocenters. The Morgan fingerprint density at radius 2 is 2.00 bits per heavy atom. The van der Waals surface area contributed by atoms with E-state index in [9.17, 15) is 9.18 Å². The highest BCUT2D eigenvalue weighted by atomic mass is 19.1. The standard InChI is InChI=1S/C15H21FO3/c1-9(2)10-6-11(13(19-5)7-12(10)16)15(3,4)8-14(17)18/h6-7,9H,8H2,1-5H3,(H,17,18). The summed E-state index contributed by atoms with van der Waals surface area (Å²) >= 11 is 0. The number of aliphatic carboxylic acids is 1. The van der Waals surface area contributed by atoms with Crippen LogP contribution >= 0.6 is 0 Å². The normalized spacial score (nSPS) is 11.7. The number of hydrogen-bond donors (Lipinski definition) is 1. The number of carbonyl (C=O) groups is 1. The van der Waals surface area contributed by atoms with E-state index in [0.717, 1.165) is 5.56 Å². The summed E-state index contributed by atoms with van der Waals surface area (Å²) in [6.45, 7) is 7.44. The lowest BCUT2D eigenvalue weighted by Gasteiger charge is -2.26. The molecule has 1 aromatic carbocycles. The first-order valence-electron chi connectivity index (χ1n) is 6.28. The van der Waals surface area contributed by atoms with Crippen molar-refractivity contribution in [3.8, 4) is 5.75 Å². The lowest BCUT2D eigenvalue weighted by atomic mass is 9.79. The second kappa shape index (κ2) is 5.59. The highest BCUT2D eigenvalue weighted by molar-refractivity contribution is 5.69. The molecule has 0 amide bonds. The van der Waals surface area contributed by atoms with Gasteiger partial charge >= 0.3 is 5.97 Å². The zero-order chi connectivity index (χ0) is 14.8. The van der Waals surface area contributed by atoms with E-state index in [4.69, 9.17) is 9.84 Å². The first kappa shape index (κ1) is 15.5. The van der Waals surface area contributed by atoms with Gasteiger partial charge in [0.05, 0.1) is 13.5 Å². The van der Waals surface area contributed by atoms with Gasteiger partial charge in [-0.2, -0.15) is 0 Å². The van der Waals surface area contributed by atoms with Crippen LogP contribution in [0.2, 0.25) is 0 Å². The molecule has 106 valence electrons. The largest absolute Gasteiger partial charge is 0.496 e. The molecule has 1 N–H and O–H groups in total. The molecule has 19 heavy (non-hydrogen) atoms. The average Bonchev–Trinajstić information content (AvgIpc) is 2.25. The van der Waals surface area contributed by atoms with Gasteiger partial charge in [0.2, 0.25) is 0 Å². The molecule has 0 fully saturated rings. The number of rotatable bonds is 5. The van der Waals surface area contributed by atoms with Gasteiger partial charge < -0.3 is 9.84 Å². The first-order chi connectivity index (χ1) is 8.69. The minimum atomic E-state index is -0.887. The average molecular weight is 268 g/mol. The molecule has 0 saturated carbocycles. The molecule has 4 heteroatoms. The molecule has 0 aliphatic rings. The Balaban J connectivity index is 3.39. The number of halogens is 1. The quantitative estimate of drug-likeness (QED) is 0.885. The Morgan fingerprint density at radius 1 is 1.42 bits per heavy atom. The second-order valence-corrected chi connectivity index (χ2v) is 5.68. The smallest absolute Gasteiger partial charge is 0.304 e.